The van der Waals surface area contributed by atoms with Gasteiger partial charge in [-0.25, -0.2) is 0 Å². The predicted octanol–water partition coefficient (Wildman–Crippen LogP) is 0.453. The largest absolute Gasteiger partial charge is 0.372 e. The summed E-state index contributed by atoms with van der Waals surface area (Å²) in [6, 6.07) is 0. The van der Waals surface area contributed by atoms with E-state index < -0.39 is 0 Å². The van der Waals surface area contributed by atoms with Crippen LogP contribution in [0, 0.1) is 18.8 Å². The Hall–Kier alpha value is -1.96. The van der Waals surface area contributed by atoms with Crippen LogP contribution in [0.4, 0.5) is 0 Å². The summed E-state index contributed by atoms with van der Waals surface area (Å²) in [6.07, 6.45) is 3.88. The van der Waals surface area contributed by atoms with Crippen molar-refractivity contribution in [3.8, 4) is 0 Å². The lowest BCUT2D eigenvalue weighted by atomic mass is 10.0. The number of amides is 2. The van der Waals surface area contributed by atoms with Gasteiger partial charge in [0.15, 0.2) is 5.82 Å². The van der Waals surface area contributed by atoms with E-state index in [1.807, 2.05) is 0 Å². The van der Waals surface area contributed by atoms with Gasteiger partial charge in [-0.1, -0.05) is 5.16 Å². The highest BCUT2D eigenvalue weighted by Crippen LogP contribution is 2.34. The summed E-state index contributed by atoms with van der Waals surface area (Å²) in [5, 5.41) is 6.69. The Kier molecular flexibility index (Phi) is 4.45. The van der Waals surface area contributed by atoms with Crippen molar-refractivity contribution in [2.24, 2.45) is 11.8 Å². The van der Waals surface area contributed by atoms with Crippen molar-refractivity contribution in [1.82, 2.24) is 20.4 Å². The number of ether oxygens (including phenoxy) is 1. The second-order valence-corrected chi connectivity index (χ2v) is 7.45. The SMILES string of the molecule is Cc1noc(CC(=O)N2C[C@@H]3C[C@@H](CC(=O)NCC4CC4)O[C@@H]3C2)n1. The molecule has 3 heterocycles. The van der Waals surface area contributed by atoms with Gasteiger partial charge in [0.1, 0.15) is 6.42 Å². The van der Waals surface area contributed by atoms with Gasteiger partial charge >= 0.3 is 0 Å². The van der Waals surface area contributed by atoms with Crippen LogP contribution in [0.5, 0.6) is 0 Å². The molecule has 0 bridgehead atoms. The Labute approximate surface area is 146 Å². The molecular formula is C17H24N4O4. The molecule has 136 valence electrons. The van der Waals surface area contributed by atoms with E-state index in [2.05, 4.69) is 15.5 Å². The average Bonchev–Trinajstić information content (AvgIpc) is 3.00. The van der Waals surface area contributed by atoms with E-state index in [9.17, 15) is 9.59 Å². The molecule has 0 spiro atoms. The number of nitrogens with zero attached hydrogens (tertiary/aromatic N) is 3. The molecule has 1 aromatic rings. The molecule has 3 atom stereocenters. The first-order valence-electron chi connectivity index (χ1n) is 9.06. The molecule has 0 radical (unpaired) electrons. The van der Waals surface area contributed by atoms with Crippen molar-refractivity contribution >= 4 is 11.8 Å². The summed E-state index contributed by atoms with van der Waals surface area (Å²) in [5.74, 6) is 1.96. The first-order chi connectivity index (χ1) is 12.1. The van der Waals surface area contributed by atoms with Crippen LogP contribution in [0.3, 0.4) is 0 Å². The summed E-state index contributed by atoms with van der Waals surface area (Å²) >= 11 is 0. The van der Waals surface area contributed by atoms with Gasteiger partial charge in [-0.3, -0.25) is 9.59 Å². The fourth-order valence-electron chi connectivity index (χ4n) is 3.71. The molecule has 8 heteroatoms. The number of hydrogen-bond acceptors (Lipinski definition) is 6. The Morgan fingerprint density at radius 1 is 1.32 bits per heavy atom. The number of carbonyl (C=O) groups excluding carboxylic acids is 2. The van der Waals surface area contributed by atoms with E-state index in [1.54, 1.807) is 11.8 Å². The number of hydrogen-bond donors (Lipinski definition) is 1. The maximum atomic E-state index is 12.3. The quantitative estimate of drug-likeness (QED) is 0.802. The van der Waals surface area contributed by atoms with Crippen molar-refractivity contribution in [2.45, 2.75) is 51.2 Å². The van der Waals surface area contributed by atoms with E-state index in [-0.39, 0.29) is 30.4 Å². The van der Waals surface area contributed by atoms with Crippen LogP contribution in [-0.4, -0.2) is 58.7 Å². The minimum absolute atomic E-state index is 0.0135. The van der Waals surface area contributed by atoms with E-state index in [0.717, 1.165) is 13.0 Å². The number of carbonyl (C=O) groups is 2. The van der Waals surface area contributed by atoms with Crippen LogP contribution in [0.2, 0.25) is 0 Å². The van der Waals surface area contributed by atoms with Gasteiger partial charge in [-0.2, -0.15) is 4.98 Å². The molecule has 2 saturated heterocycles. The van der Waals surface area contributed by atoms with Gasteiger partial charge in [0.05, 0.1) is 18.6 Å². The molecule has 25 heavy (non-hydrogen) atoms. The van der Waals surface area contributed by atoms with Crippen LogP contribution >= 0.6 is 0 Å². The number of aromatic nitrogens is 2. The number of nitrogens with one attached hydrogen (secondary N) is 1. The average molecular weight is 348 g/mol. The highest BCUT2D eigenvalue weighted by atomic mass is 16.5. The summed E-state index contributed by atoms with van der Waals surface area (Å²) < 4.78 is 11.0. The van der Waals surface area contributed by atoms with Crippen LogP contribution in [0.1, 0.15) is 37.4 Å². The van der Waals surface area contributed by atoms with Crippen LogP contribution in [-0.2, 0) is 20.7 Å². The monoisotopic (exact) mass is 348 g/mol. The summed E-state index contributed by atoms with van der Waals surface area (Å²) in [6.45, 7) is 3.79. The fraction of sp³-hybridized carbons (Fsp3) is 0.765. The molecule has 0 unspecified atom stereocenters. The molecule has 8 nitrogen and oxygen atoms in total. The first kappa shape index (κ1) is 16.5. The Bertz CT molecular complexity index is 643. The van der Waals surface area contributed by atoms with Crippen LogP contribution < -0.4 is 5.32 Å². The fourth-order valence-corrected chi connectivity index (χ4v) is 3.71. The van der Waals surface area contributed by atoms with Crippen LogP contribution in [0.15, 0.2) is 4.52 Å². The summed E-state index contributed by atoms with van der Waals surface area (Å²) in [7, 11) is 0. The third-order valence-electron chi connectivity index (χ3n) is 5.24. The topological polar surface area (TPSA) is 97.6 Å². The minimum atomic E-state index is -0.0231. The Morgan fingerprint density at radius 3 is 2.84 bits per heavy atom. The predicted molar refractivity (Wildman–Crippen MR) is 86.4 cm³/mol. The van der Waals surface area contributed by atoms with Crippen molar-refractivity contribution in [2.75, 3.05) is 19.6 Å². The number of likely N-dealkylation sites (tertiary alicyclic amines) is 1. The minimum Gasteiger partial charge on any atom is -0.372 e. The number of aryl methyl sites for hydroxylation is 1. The number of fused-ring (bicyclic) bond motifs is 1. The molecule has 1 aromatic heterocycles. The van der Waals surface area contributed by atoms with E-state index >= 15 is 0 Å². The summed E-state index contributed by atoms with van der Waals surface area (Å²) in [4.78, 5) is 30.2. The lowest BCUT2D eigenvalue weighted by Crippen LogP contribution is -2.34. The molecule has 0 aromatic carbocycles. The zero-order valence-electron chi connectivity index (χ0n) is 14.4. The zero-order valence-corrected chi connectivity index (χ0v) is 14.4. The van der Waals surface area contributed by atoms with E-state index in [1.165, 1.54) is 12.8 Å². The maximum Gasteiger partial charge on any atom is 0.236 e. The number of rotatable bonds is 6. The zero-order chi connectivity index (χ0) is 17.4. The highest BCUT2D eigenvalue weighted by molar-refractivity contribution is 5.78. The van der Waals surface area contributed by atoms with Crippen molar-refractivity contribution in [3.05, 3.63) is 11.7 Å². The maximum absolute atomic E-state index is 12.3. The van der Waals surface area contributed by atoms with Gasteiger partial charge in [-0.05, 0) is 32.1 Å². The molecule has 1 saturated carbocycles. The van der Waals surface area contributed by atoms with Crippen molar-refractivity contribution in [3.63, 3.8) is 0 Å². The normalized spacial score (nSPS) is 28.2. The Balaban J connectivity index is 1.21. The molecular weight excluding hydrogens is 324 g/mol. The van der Waals surface area contributed by atoms with Crippen LogP contribution in [0.25, 0.3) is 0 Å². The molecule has 3 aliphatic rings. The third kappa shape index (κ3) is 4.00. The van der Waals surface area contributed by atoms with Crippen molar-refractivity contribution in [1.29, 1.82) is 0 Å². The lowest BCUT2D eigenvalue weighted by Gasteiger charge is -2.18. The first-order valence-corrected chi connectivity index (χ1v) is 9.06. The molecule has 3 fully saturated rings. The summed E-state index contributed by atoms with van der Waals surface area (Å²) in [5.41, 5.74) is 0. The molecule has 2 amide bonds. The second-order valence-electron chi connectivity index (χ2n) is 7.45. The van der Waals surface area contributed by atoms with Gasteiger partial charge in [0, 0.05) is 25.6 Å². The Morgan fingerprint density at radius 2 is 2.16 bits per heavy atom. The van der Waals surface area contributed by atoms with E-state index in [0.29, 0.717) is 43.1 Å². The van der Waals surface area contributed by atoms with Gasteiger partial charge < -0.3 is 19.5 Å². The molecule has 4 rings (SSSR count). The van der Waals surface area contributed by atoms with Crippen molar-refractivity contribution < 1.29 is 18.8 Å². The smallest absolute Gasteiger partial charge is 0.236 e. The lowest BCUT2D eigenvalue weighted by molar-refractivity contribution is -0.131. The standard InChI is InChI=1S/C17H24N4O4/c1-10-19-16(25-20-10)6-17(23)21-8-12-4-13(24-14(12)9-21)5-15(22)18-7-11-2-3-11/h11-14H,2-9H2,1H3,(H,18,22)/t12-,13-,14+/m0/s1. The highest BCUT2D eigenvalue weighted by Gasteiger charge is 2.43. The van der Waals surface area contributed by atoms with Gasteiger partial charge in [0.2, 0.25) is 17.7 Å². The molecule has 2 aliphatic heterocycles. The van der Waals surface area contributed by atoms with Gasteiger partial charge in [-0.15, -0.1) is 0 Å². The molecule has 1 aliphatic carbocycles. The second kappa shape index (κ2) is 6.74. The van der Waals surface area contributed by atoms with Gasteiger partial charge in [0.25, 0.3) is 0 Å². The van der Waals surface area contributed by atoms with E-state index in [4.69, 9.17) is 9.26 Å². The third-order valence-corrected chi connectivity index (χ3v) is 5.24. The molecule has 1 N–H and O–H groups in total.